The molecule has 0 aromatic heterocycles. The van der Waals surface area contributed by atoms with Crippen molar-refractivity contribution in [2.24, 2.45) is 0 Å². The van der Waals surface area contributed by atoms with Crippen molar-refractivity contribution in [3.05, 3.63) is 94.5 Å². The Morgan fingerprint density at radius 3 is 2.29 bits per heavy atom. The van der Waals surface area contributed by atoms with Crippen molar-refractivity contribution in [3.63, 3.8) is 0 Å². The minimum atomic E-state index is -3.80. The van der Waals surface area contributed by atoms with Crippen LogP contribution in [0.1, 0.15) is 45.6 Å². The quantitative estimate of drug-likeness (QED) is 0.596. The first-order chi connectivity index (χ1) is 14.6. The molecule has 0 aliphatic rings. The summed E-state index contributed by atoms with van der Waals surface area (Å²) < 4.78 is 27.5. The number of sulfonamides is 1. The van der Waals surface area contributed by atoms with Crippen LogP contribution < -0.4 is 9.62 Å². The maximum atomic E-state index is 13.1. The molecule has 5 nitrogen and oxygen atoms in total. The number of nitrogens with one attached hydrogen (secondary N) is 1. The number of carbonyl (C=O) groups is 1. The minimum Gasteiger partial charge on any atom is -0.346 e. The molecule has 1 atom stereocenters. The molecule has 0 bridgehead atoms. The molecule has 162 valence electrons. The van der Waals surface area contributed by atoms with Gasteiger partial charge in [-0.25, -0.2) is 8.42 Å². The summed E-state index contributed by atoms with van der Waals surface area (Å²) in [7, 11) is -2.29. The SMILES string of the molecule is Cc1cccc(N(C)S(=O)(=O)c2cccc(C(=O)NC(C)c3cc(C)ccc3C)c2)c1. The lowest BCUT2D eigenvalue weighted by atomic mass is 10.00. The number of hydrogen-bond donors (Lipinski definition) is 1. The van der Waals surface area contributed by atoms with E-state index < -0.39 is 10.0 Å². The Hall–Kier alpha value is -3.12. The van der Waals surface area contributed by atoms with E-state index in [0.717, 1.165) is 22.3 Å². The second-order valence-corrected chi connectivity index (χ2v) is 9.86. The van der Waals surface area contributed by atoms with Gasteiger partial charge in [0, 0.05) is 12.6 Å². The first kappa shape index (κ1) is 22.6. The molecular weight excluding hydrogens is 408 g/mol. The second kappa shape index (κ2) is 8.94. The van der Waals surface area contributed by atoms with Crippen LogP contribution >= 0.6 is 0 Å². The number of aryl methyl sites for hydroxylation is 3. The highest BCUT2D eigenvalue weighted by molar-refractivity contribution is 7.92. The van der Waals surface area contributed by atoms with Crippen LogP contribution in [0.25, 0.3) is 0 Å². The Balaban J connectivity index is 1.85. The van der Waals surface area contributed by atoms with E-state index in [1.54, 1.807) is 24.3 Å². The Kier molecular flexibility index (Phi) is 6.51. The molecular formula is C25H28N2O3S. The monoisotopic (exact) mass is 436 g/mol. The van der Waals surface area contributed by atoms with E-state index in [1.807, 2.05) is 52.0 Å². The van der Waals surface area contributed by atoms with E-state index in [0.29, 0.717) is 11.3 Å². The van der Waals surface area contributed by atoms with Gasteiger partial charge in [-0.2, -0.15) is 0 Å². The predicted octanol–water partition coefficient (Wildman–Crippen LogP) is 4.93. The molecule has 6 heteroatoms. The summed E-state index contributed by atoms with van der Waals surface area (Å²) in [4.78, 5) is 12.9. The van der Waals surface area contributed by atoms with Gasteiger partial charge in [-0.1, -0.05) is 42.0 Å². The molecule has 0 saturated heterocycles. The number of nitrogens with zero attached hydrogens (tertiary/aromatic N) is 1. The Morgan fingerprint density at radius 2 is 1.58 bits per heavy atom. The molecule has 3 aromatic rings. The molecule has 0 aliphatic heterocycles. The zero-order valence-electron chi connectivity index (χ0n) is 18.5. The van der Waals surface area contributed by atoms with Crippen LogP contribution in [-0.2, 0) is 10.0 Å². The number of hydrogen-bond acceptors (Lipinski definition) is 3. The van der Waals surface area contributed by atoms with Gasteiger partial charge in [0.15, 0.2) is 0 Å². The van der Waals surface area contributed by atoms with Crippen LogP contribution in [0.5, 0.6) is 0 Å². The molecule has 3 rings (SSSR count). The molecule has 0 radical (unpaired) electrons. The summed E-state index contributed by atoms with van der Waals surface area (Å²) in [5, 5.41) is 2.98. The summed E-state index contributed by atoms with van der Waals surface area (Å²) >= 11 is 0. The molecule has 0 saturated carbocycles. The molecule has 1 amide bonds. The molecule has 0 aliphatic carbocycles. The van der Waals surface area contributed by atoms with Crippen molar-refractivity contribution < 1.29 is 13.2 Å². The van der Waals surface area contributed by atoms with E-state index in [2.05, 4.69) is 11.4 Å². The first-order valence-electron chi connectivity index (χ1n) is 10.1. The van der Waals surface area contributed by atoms with Gasteiger partial charge in [-0.15, -0.1) is 0 Å². The van der Waals surface area contributed by atoms with E-state index >= 15 is 0 Å². The lowest BCUT2D eigenvalue weighted by Gasteiger charge is -2.21. The highest BCUT2D eigenvalue weighted by atomic mass is 32.2. The van der Waals surface area contributed by atoms with Crippen LogP contribution in [0.2, 0.25) is 0 Å². The summed E-state index contributed by atoms with van der Waals surface area (Å²) in [6.07, 6.45) is 0. The maximum absolute atomic E-state index is 13.1. The third-order valence-corrected chi connectivity index (χ3v) is 7.15. The fourth-order valence-electron chi connectivity index (χ4n) is 3.50. The van der Waals surface area contributed by atoms with Gasteiger partial charge in [0.2, 0.25) is 0 Å². The van der Waals surface area contributed by atoms with Gasteiger partial charge in [0.05, 0.1) is 16.6 Å². The van der Waals surface area contributed by atoms with Crippen LogP contribution in [0.3, 0.4) is 0 Å². The smallest absolute Gasteiger partial charge is 0.264 e. The van der Waals surface area contributed by atoms with Crippen molar-refractivity contribution in [2.75, 3.05) is 11.4 Å². The number of carbonyl (C=O) groups excluding carboxylic acids is 1. The summed E-state index contributed by atoms with van der Waals surface area (Å²) in [6.45, 7) is 7.85. The highest BCUT2D eigenvalue weighted by Gasteiger charge is 2.23. The summed E-state index contributed by atoms with van der Waals surface area (Å²) in [5.41, 5.74) is 5.09. The lowest BCUT2D eigenvalue weighted by molar-refractivity contribution is 0.0939. The Labute approximate surface area is 184 Å². The topological polar surface area (TPSA) is 66.5 Å². The fourth-order valence-corrected chi connectivity index (χ4v) is 4.74. The molecule has 0 fully saturated rings. The predicted molar refractivity (Wildman–Crippen MR) is 125 cm³/mol. The van der Waals surface area contributed by atoms with E-state index in [-0.39, 0.29) is 16.8 Å². The van der Waals surface area contributed by atoms with Crippen LogP contribution in [0, 0.1) is 20.8 Å². The highest BCUT2D eigenvalue weighted by Crippen LogP contribution is 2.24. The zero-order chi connectivity index (χ0) is 22.8. The van der Waals surface area contributed by atoms with Crippen LogP contribution in [0.15, 0.2) is 71.6 Å². The summed E-state index contributed by atoms with van der Waals surface area (Å²) in [6, 6.07) is 19.3. The second-order valence-electron chi connectivity index (χ2n) is 7.89. The number of anilines is 1. The van der Waals surface area contributed by atoms with Gasteiger partial charge in [0.25, 0.3) is 15.9 Å². The molecule has 1 unspecified atom stereocenters. The third-order valence-electron chi connectivity index (χ3n) is 5.37. The van der Waals surface area contributed by atoms with E-state index in [1.165, 1.54) is 23.5 Å². The van der Waals surface area contributed by atoms with Crippen molar-refractivity contribution >= 4 is 21.6 Å². The normalized spacial score (nSPS) is 12.3. The molecule has 3 aromatic carbocycles. The van der Waals surface area contributed by atoms with Gasteiger partial charge >= 0.3 is 0 Å². The lowest BCUT2D eigenvalue weighted by Crippen LogP contribution is -2.29. The standard InChI is InChI=1S/C25H28N2O3S/c1-17-8-6-10-22(14-17)27(5)31(29,30)23-11-7-9-21(16-23)25(28)26-20(4)24-15-18(2)12-13-19(24)3/h6-16,20H,1-5H3,(H,26,28). The number of rotatable bonds is 6. The van der Waals surface area contributed by atoms with E-state index in [9.17, 15) is 13.2 Å². The van der Waals surface area contributed by atoms with Gasteiger partial charge < -0.3 is 5.32 Å². The fraction of sp³-hybridized carbons (Fsp3) is 0.240. The van der Waals surface area contributed by atoms with Gasteiger partial charge in [-0.05, 0) is 74.7 Å². The molecule has 31 heavy (non-hydrogen) atoms. The zero-order valence-corrected chi connectivity index (χ0v) is 19.3. The molecule has 1 N–H and O–H groups in total. The number of benzene rings is 3. The van der Waals surface area contributed by atoms with Crippen LogP contribution in [-0.4, -0.2) is 21.4 Å². The average Bonchev–Trinajstić information content (AvgIpc) is 2.74. The molecule has 0 spiro atoms. The third kappa shape index (κ3) is 4.97. The first-order valence-corrected chi connectivity index (χ1v) is 11.6. The van der Waals surface area contributed by atoms with E-state index in [4.69, 9.17) is 0 Å². The van der Waals surface area contributed by atoms with Crippen LogP contribution in [0.4, 0.5) is 5.69 Å². The summed E-state index contributed by atoms with van der Waals surface area (Å²) in [5.74, 6) is -0.316. The van der Waals surface area contributed by atoms with Gasteiger partial charge in [0.1, 0.15) is 0 Å². The Bertz CT molecular complexity index is 1220. The van der Waals surface area contributed by atoms with Crippen molar-refractivity contribution in [2.45, 2.75) is 38.6 Å². The average molecular weight is 437 g/mol. The Morgan fingerprint density at radius 1 is 0.903 bits per heavy atom. The number of amides is 1. The maximum Gasteiger partial charge on any atom is 0.264 e. The minimum absolute atomic E-state index is 0.0727. The van der Waals surface area contributed by atoms with Crippen molar-refractivity contribution in [1.82, 2.24) is 5.32 Å². The van der Waals surface area contributed by atoms with Gasteiger partial charge in [-0.3, -0.25) is 9.10 Å². The van der Waals surface area contributed by atoms with Crippen molar-refractivity contribution in [1.29, 1.82) is 0 Å². The molecule has 0 heterocycles. The van der Waals surface area contributed by atoms with Crippen molar-refractivity contribution in [3.8, 4) is 0 Å². The largest absolute Gasteiger partial charge is 0.346 e.